The number of aromatic nitrogens is 6. The number of hydrogen-bond acceptors (Lipinski definition) is 7. The minimum atomic E-state index is -3.70. The van der Waals surface area contributed by atoms with Gasteiger partial charge in [0.25, 0.3) is 10.0 Å². The lowest BCUT2D eigenvalue weighted by molar-refractivity contribution is 0.563. The van der Waals surface area contributed by atoms with Gasteiger partial charge in [0.2, 0.25) is 0 Å². The summed E-state index contributed by atoms with van der Waals surface area (Å²) in [6.07, 6.45) is 1.48. The number of tetrazole rings is 1. The fourth-order valence-corrected chi connectivity index (χ4v) is 2.57. The van der Waals surface area contributed by atoms with Crippen LogP contribution in [0, 0.1) is 0 Å². The molecule has 0 saturated carbocycles. The minimum absolute atomic E-state index is 0.0362. The van der Waals surface area contributed by atoms with Gasteiger partial charge in [-0.25, -0.2) is 13.1 Å². The van der Waals surface area contributed by atoms with Gasteiger partial charge in [0.05, 0.1) is 12.7 Å². The quantitative estimate of drug-likeness (QED) is 0.508. The average Bonchev–Trinajstić information content (AvgIpc) is 3.05. The third-order valence-corrected chi connectivity index (χ3v) is 3.87. The van der Waals surface area contributed by atoms with Gasteiger partial charge in [-0.1, -0.05) is 19.1 Å². The Kier molecular flexibility index (Phi) is 4.42. The second-order valence-corrected chi connectivity index (χ2v) is 6.12. The molecule has 2 aromatic rings. The van der Waals surface area contributed by atoms with Crippen LogP contribution in [0.5, 0.6) is 0 Å². The highest BCUT2D eigenvalue weighted by Crippen LogP contribution is 2.11. The molecule has 11 heteroatoms. The highest BCUT2D eigenvalue weighted by atomic mass is 32.2. The monoisotopic (exact) mass is 300 g/mol. The molecule has 0 saturated heterocycles. The van der Waals surface area contributed by atoms with Gasteiger partial charge in [0, 0.05) is 18.2 Å². The Morgan fingerprint density at radius 1 is 1.35 bits per heavy atom. The van der Waals surface area contributed by atoms with Gasteiger partial charge in [-0.15, -0.1) is 10.2 Å². The fourth-order valence-electron chi connectivity index (χ4n) is 1.46. The van der Waals surface area contributed by atoms with Crippen LogP contribution in [0.1, 0.15) is 25.2 Å². The summed E-state index contributed by atoms with van der Waals surface area (Å²) < 4.78 is 26.7. The number of rotatable bonds is 7. The van der Waals surface area contributed by atoms with Gasteiger partial charge in [-0.05, 0) is 0 Å². The molecule has 4 N–H and O–H groups in total. The number of aromatic amines is 2. The standard InChI is InChI=1S/C9H16N8O2S/c1-6(2)10-3-7-4-11-15-9(7)20(18,19)12-5-8-13-16-17-14-8/h4,6,10,12H,3,5H2,1-2H3,(H,11,15)(H,13,14,16,17). The largest absolute Gasteiger partial charge is 0.310 e. The maximum absolute atomic E-state index is 12.2. The summed E-state index contributed by atoms with van der Waals surface area (Å²) in [5.41, 5.74) is 0.569. The highest BCUT2D eigenvalue weighted by molar-refractivity contribution is 7.89. The predicted octanol–water partition coefficient (Wildman–Crippen LogP) is -1.10. The maximum Gasteiger partial charge on any atom is 0.258 e. The molecule has 0 aromatic carbocycles. The van der Waals surface area contributed by atoms with Crippen LogP contribution in [-0.2, 0) is 23.1 Å². The van der Waals surface area contributed by atoms with Crippen LogP contribution >= 0.6 is 0 Å². The number of nitrogens with zero attached hydrogens (tertiary/aromatic N) is 4. The first-order chi connectivity index (χ1) is 9.49. The number of nitrogens with one attached hydrogen (secondary N) is 4. The molecule has 0 aliphatic rings. The van der Waals surface area contributed by atoms with Gasteiger partial charge < -0.3 is 5.32 Å². The molecule has 2 rings (SSSR count). The normalized spacial score (nSPS) is 12.2. The van der Waals surface area contributed by atoms with E-state index in [4.69, 9.17) is 0 Å². The van der Waals surface area contributed by atoms with E-state index in [9.17, 15) is 8.42 Å². The SMILES string of the molecule is CC(C)NCc1cn[nH]c1S(=O)(=O)NCc1nn[nH]n1. The van der Waals surface area contributed by atoms with Crippen molar-refractivity contribution in [3.8, 4) is 0 Å². The molecule has 110 valence electrons. The molecular formula is C9H16N8O2S. The molecule has 0 aliphatic carbocycles. The Hall–Kier alpha value is -1.85. The Morgan fingerprint density at radius 3 is 2.80 bits per heavy atom. The number of hydrogen-bond donors (Lipinski definition) is 4. The first-order valence-corrected chi connectivity index (χ1v) is 7.45. The molecule has 0 unspecified atom stereocenters. The zero-order valence-corrected chi connectivity index (χ0v) is 11.9. The van der Waals surface area contributed by atoms with Gasteiger partial charge in [0.15, 0.2) is 10.9 Å². The van der Waals surface area contributed by atoms with Crippen LogP contribution < -0.4 is 10.0 Å². The van der Waals surface area contributed by atoms with E-state index in [0.717, 1.165) is 0 Å². The van der Waals surface area contributed by atoms with Crippen molar-refractivity contribution in [3.63, 3.8) is 0 Å². The van der Waals surface area contributed by atoms with Crippen LogP contribution in [0.3, 0.4) is 0 Å². The van der Waals surface area contributed by atoms with Crippen molar-refractivity contribution < 1.29 is 8.42 Å². The van der Waals surface area contributed by atoms with Gasteiger partial charge in [0.1, 0.15) is 0 Å². The predicted molar refractivity (Wildman–Crippen MR) is 68.8 cm³/mol. The van der Waals surface area contributed by atoms with Crippen molar-refractivity contribution in [2.75, 3.05) is 0 Å². The fraction of sp³-hybridized carbons (Fsp3) is 0.556. The molecule has 2 heterocycles. The third-order valence-electron chi connectivity index (χ3n) is 2.46. The van der Waals surface area contributed by atoms with Crippen molar-refractivity contribution in [1.82, 2.24) is 40.9 Å². The van der Waals surface area contributed by atoms with Crippen molar-refractivity contribution in [3.05, 3.63) is 17.6 Å². The summed E-state index contributed by atoms with van der Waals surface area (Å²) in [6, 6.07) is 0.243. The number of sulfonamides is 1. The lowest BCUT2D eigenvalue weighted by Crippen LogP contribution is -2.27. The lowest BCUT2D eigenvalue weighted by atomic mass is 10.3. The minimum Gasteiger partial charge on any atom is -0.310 e. The summed E-state index contributed by atoms with van der Waals surface area (Å²) in [5.74, 6) is 0.259. The zero-order chi connectivity index (χ0) is 14.6. The Balaban J connectivity index is 2.07. The van der Waals surface area contributed by atoms with Crippen molar-refractivity contribution in [2.45, 2.75) is 38.0 Å². The molecule has 0 amide bonds. The molecule has 0 fully saturated rings. The smallest absolute Gasteiger partial charge is 0.258 e. The summed E-state index contributed by atoms with van der Waals surface area (Å²) in [5, 5.41) is 22.4. The molecule has 10 nitrogen and oxygen atoms in total. The summed E-state index contributed by atoms with van der Waals surface area (Å²) in [6.45, 7) is 4.31. The topological polar surface area (TPSA) is 141 Å². The Bertz CT molecular complexity index is 633. The molecule has 0 spiro atoms. The van der Waals surface area contributed by atoms with Crippen LogP contribution in [0.15, 0.2) is 11.2 Å². The van der Waals surface area contributed by atoms with E-state index in [2.05, 4.69) is 40.9 Å². The van der Waals surface area contributed by atoms with Gasteiger partial charge in [-0.3, -0.25) is 5.10 Å². The molecule has 2 aromatic heterocycles. The first kappa shape index (κ1) is 14.6. The van der Waals surface area contributed by atoms with Crippen LogP contribution in [-0.4, -0.2) is 45.3 Å². The van der Waals surface area contributed by atoms with E-state index in [0.29, 0.717) is 12.1 Å². The van der Waals surface area contributed by atoms with E-state index < -0.39 is 10.0 Å². The second kappa shape index (κ2) is 6.07. The van der Waals surface area contributed by atoms with E-state index >= 15 is 0 Å². The van der Waals surface area contributed by atoms with Crippen molar-refractivity contribution in [1.29, 1.82) is 0 Å². The number of H-pyrrole nitrogens is 2. The lowest BCUT2D eigenvalue weighted by Gasteiger charge is -2.08. The summed E-state index contributed by atoms with van der Waals surface area (Å²) >= 11 is 0. The van der Waals surface area contributed by atoms with E-state index in [1.165, 1.54) is 6.20 Å². The molecule has 20 heavy (non-hydrogen) atoms. The highest BCUT2D eigenvalue weighted by Gasteiger charge is 2.21. The Labute approximate surface area is 115 Å². The summed E-state index contributed by atoms with van der Waals surface area (Å²) in [7, 11) is -3.70. The van der Waals surface area contributed by atoms with E-state index in [1.807, 2.05) is 13.8 Å². The Morgan fingerprint density at radius 2 is 2.15 bits per heavy atom. The molecule has 0 radical (unpaired) electrons. The van der Waals surface area contributed by atoms with Crippen LogP contribution in [0.25, 0.3) is 0 Å². The van der Waals surface area contributed by atoms with Crippen LogP contribution in [0.2, 0.25) is 0 Å². The average molecular weight is 300 g/mol. The molecular weight excluding hydrogens is 284 g/mol. The maximum atomic E-state index is 12.2. The first-order valence-electron chi connectivity index (χ1n) is 5.96. The summed E-state index contributed by atoms with van der Waals surface area (Å²) in [4.78, 5) is 0. The molecule has 0 bridgehead atoms. The molecule has 0 aliphatic heterocycles. The van der Waals surface area contributed by atoms with E-state index in [1.54, 1.807) is 0 Å². The third kappa shape index (κ3) is 3.59. The van der Waals surface area contributed by atoms with Crippen molar-refractivity contribution >= 4 is 10.0 Å². The van der Waals surface area contributed by atoms with E-state index in [-0.39, 0.29) is 23.4 Å². The van der Waals surface area contributed by atoms with Crippen LogP contribution in [0.4, 0.5) is 0 Å². The molecule has 0 atom stereocenters. The van der Waals surface area contributed by atoms with Gasteiger partial charge in [-0.2, -0.15) is 10.3 Å². The van der Waals surface area contributed by atoms with Crippen molar-refractivity contribution in [2.24, 2.45) is 0 Å². The van der Waals surface area contributed by atoms with Gasteiger partial charge >= 0.3 is 0 Å². The zero-order valence-electron chi connectivity index (χ0n) is 11.1. The second-order valence-electron chi connectivity index (χ2n) is 4.41.